The Morgan fingerprint density at radius 1 is 1.07 bits per heavy atom. The molecule has 3 rings (SSSR count). The second-order valence-corrected chi connectivity index (χ2v) is 8.52. The van der Waals surface area contributed by atoms with Crippen molar-refractivity contribution in [2.75, 3.05) is 46.3 Å². The number of nitrogens with one attached hydrogen (secondary N) is 2. The van der Waals surface area contributed by atoms with Gasteiger partial charge in [-0.1, -0.05) is 38.1 Å². The maximum Gasteiger partial charge on any atom is 0.191 e. The summed E-state index contributed by atoms with van der Waals surface area (Å²) in [4.78, 5) is 9.50. The molecule has 2 heterocycles. The van der Waals surface area contributed by atoms with E-state index in [0.717, 1.165) is 45.2 Å². The molecule has 158 valence electrons. The molecule has 29 heavy (non-hydrogen) atoms. The van der Waals surface area contributed by atoms with Gasteiger partial charge in [-0.25, -0.2) is 0 Å². The standard InChI is InChI=1S/C23H35N5S/c1-4-27-10-12-28(13-11-27)17-21-8-6-5-7-20(21)16-26-23(24-3)25-15-19(2)22-9-14-29-18-22/h5-9,14,18-19H,4,10-13,15-17H2,1-3H3,(H2,24,25,26). The van der Waals surface area contributed by atoms with Crippen molar-refractivity contribution < 1.29 is 0 Å². The molecule has 0 spiro atoms. The third kappa shape index (κ3) is 6.56. The van der Waals surface area contributed by atoms with Gasteiger partial charge in [-0.2, -0.15) is 11.3 Å². The summed E-state index contributed by atoms with van der Waals surface area (Å²) >= 11 is 1.75. The lowest BCUT2D eigenvalue weighted by Crippen LogP contribution is -2.45. The fraction of sp³-hybridized carbons (Fsp3) is 0.522. The minimum atomic E-state index is 0.467. The summed E-state index contributed by atoms with van der Waals surface area (Å²) in [5.41, 5.74) is 4.14. The summed E-state index contributed by atoms with van der Waals surface area (Å²) in [6.45, 7) is 13.0. The summed E-state index contributed by atoms with van der Waals surface area (Å²) in [5.74, 6) is 1.33. The van der Waals surface area contributed by atoms with Gasteiger partial charge in [0.05, 0.1) is 0 Å². The van der Waals surface area contributed by atoms with Gasteiger partial charge in [-0.15, -0.1) is 0 Å². The van der Waals surface area contributed by atoms with E-state index in [9.17, 15) is 0 Å². The normalized spacial score (nSPS) is 17.3. The van der Waals surface area contributed by atoms with E-state index >= 15 is 0 Å². The molecule has 5 nitrogen and oxygen atoms in total. The van der Waals surface area contributed by atoms with E-state index in [-0.39, 0.29) is 0 Å². The van der Waals surface area contributed by atoms with Crippen LogP contribution in [0.2, 0.25) is 0 Å². The molecule has 0 bridgehead atoms. The van der Waals surface area contributed by atoms with Crippen LogP contribution < -0.4 is 10.6 Å². The first kappa shape index (κ1) is 21.8. The van der Waals surface area contributed by atoms with Crippen LogP contribution in [-0.4, -0.2) is 62.1 Å². The van der Waals surface area contributed by atoms with Crippen molar-refractivity contribution in [2.45, 2.75) is 32.9 Å². The van der Waals surface area contributed by atoms with Crippen LogP contribution >= 0.6 is 11.3 Å². The van der Waals surface area contributed by atoms with E-state index in [1.807, 2.05) is 7.05 Å². The zero-order valence-electron chi connectivity index (χ0n) is 18.0. The number of benzene rings is 1. The molecule has 0 aliphatic carbocycles. The summed E-state index contributed by atoms with van der Waals surface area (Å²) in [7, 11) is 1.84. The number of hydrogen-bond donors (Lipinski definition) is 2. The number of thiophene rings is 1. The largest absolute Gasteiger partial charge is 0.356 e. The zero-order chi connectivity index (χ0) is 20.5. The van der Waals surface area contributed by atoms with Gasteiger partial charge in [0.2, 0.25) is 0 Å². The van der Waals surface area contributed by atoms with Crippen molar-refractivity contribution in [3.05, 3.63) is 57.8 Å². The average Bonchev–Trinajstić information content (AvgIpc) is 3.30. The molecule has 0 amide bonds. The molecule has 1 aliphatic heterocycles. The van der Waals surface area contributed by atoms with Crippen molar-refractivity contribution in [1.29, 1.82) is 0 Å². The molecular weight excluding hydrogens is 378 g/mol. The Labute approximate surface area is 179 Å². The topological polar surface area (TPSA) is 42.9 Å². The molecule has 2 N–H and O–H groups in total. The highest BCUT2D eigenvalue weighted by Crippen LogP contribution is 2.17. The molecule has 2 aromatic rings. The lowest BCUT2D eigenvalue weighted by molar-refractivity contribution is 0.131. The van der Waals surface area contributed by atoms with Crippen LogP contribution in [0.3, 0.4) is 0 Å². The Bertz CT molecular complexity index is 750. The summed E-state index contributed by atoms with van der Waals surface area (Å²) in [5, 5.41) is 11.3. The van der Waals surface area contributed by atoms with Crippen LogP contribution in [0.15, 0.2) is 46.1 Å². The van der Waals surface area contributed by atoms with Crippen LogP contribution in [0.25, 0.3) is 0 Å². The molecule has 1 saturated heterocycles. The van der Waals surface area contributed by atoms with Crippen LogP contribution in [0.4, 0.5) is 0 Å². The van der Waals surface area contributed by atoms with E-state index in [1.165, 1.54) is 29.8 Å². The molecule has 1 atom stereocenters. The molecule has 0 saturated carbocycles. The number of likely N-dealkylation sites (N-methyl/N-ethyl adjacent to an activating group) is 1. The van der Waals surface area contributed by atoms with Crippen molar-refractivity contribution >= 4 is 17.3 Å². The maximum absolute atomic E-state index is 4.40. The predicted molar refractivity (Wildman–Crippen MR) is 125 cm³/mol. The fourth-order valence-electron chi connectivity index (χ4n) is 3.71. The third-order valence-corrected chi connectivity index (χ3v) is 6.48. The highest BCUT2D eigenvalue weighted by atomic mass is 32.1. The van der Waals surface area contributed by atoms with E-state index in [0.29, 0.717) is 5.92 Å². The number of hydrogen-bond acceptors (Lipinski definition) is 4. The van der Waals surface area contributed by atoms with Gasteiger partial charge in [0.25, 0.3) is 0 Å². The minimum absolute atomic E-state index is 0.467. The van der Waals surface area contributed by atoms with Crippen LogP contribution in [0, 0.1) is 0 Å². The average molecular weight is 414 g/mol. The Morgan fingerprint density at radius 2 is 1.79 bits per heavy atom. The van der Waals surface area contributed by atoms with Crippen molar-refractivity contribution in [1.82, 2.24) is 20.4 Å². The van der Waals surface area contributed by atoms with Crippen LogP contribution in [0.1, 0.15) is 36.5 Å². The number of nitrogens with zero attached hydrogens (tertiary/aromatic N) is 3. The van der Waals surface area contributed by atoms with Crippen LogP contribution in [0.5, 0.6) is 0 Å². The van der Waals surface area contributed by atoms with Gasteiger partial charge < -0.3 is 15.5 Å². The number of piperazine rings is 1. The van der Waals surface area contributed by atoms with Gasteiger partial charge >= 0.3 is 0 Å². The fourth-order valence-corrected chi connectivity index (χ4v) is 4.49. The predicted octanol–water partition coefficient (Wildman–Crippen LogP) is 3.35. The monoisotopic (exact) mass is 413 g/mol. The third-order valence-electron chi connectivity index (χ3n) is 5.78. The highest BCUT2D eigenvalue weighted by molar-refractivity contribution is 7.07. The summed E-state index contributed by atoms with van der Waals surface area (Å²) < 4.78 is 0. The molecular formula is C23H35N5S. The van der Waals surface area contributed by atoms with E-state index < -0.39 is 0 Å². The van der Waals surface area contributed by atoms with E-state index in [4.69, 9.17) is 0 Å². The minimum Gasteiger partial charge on any atom is -0.356 e. The van der Waals surface area contributed by atoms with E-state index in [2.05, 4.69) is 80.4 Å². The van der Waals surface area contributed by atoms with Gasteiger partial charge in [0.15, 0.2) is 5.96 Å². The molecule has 1 aromatic carbocycles. The van der Waals surface area contributed by atoms with Crippen LogP contribution in [-0.2, 0) is 13.1 Å². The molecule has 1 fully saturated rings. The Morgan fingerprint density at radius 3 is 2.45 bits per heavy atom. The molecule has 1 aromatic heterocycles. The molecule has 1 aliphatic rings. The first-order chi connectivity index (χ1) is 14.2. The van der Waals surface area contributed by atoms with Gasteiger partial charge in [0.1, 0.15) is 0 Å². The van der Waals surface area contributed by atoms with Crippen molar-refractivity contribution in [3.8, 4) is 0 Å². The second-order valence-electron chi connectivity index (χ2n) is 7.74. The van der Waals surface area contributed by atoms with Gasteiger partial charge in [0, 0.05) is 52.9 Å². The Kier molecular flexibility index (Phi) is 8.52. The molecule has 1 unspecified atom stereocenters. The zero-order valence-corrected chi connectivity index (χ0v) is 18.8. The summed E-state index contributed by atoms with van der Waals surface area (Å²) in [6, 6.07) is 11.0. The second kappa shape index (κ2) is 11.3. The van der Waals surface area contributed by atoms with E-state index in [1.54, 1.807) is 11.3 Å². The lowest BCUT2D eigenvalue weighted by Gasteiger charge is -2.34. The lowest BCUT2D eigenvalue weighted by atomic mass is 10.1. The SMILES string of the molecule is CCN1CCN(Cc2ccccc2CNC(=NC)NCC(C)c2ccsc2)CC1. The van der Waals surface area contributed by atoms with Gasteiger partial charge in [-0.05, 0) is 46.0 Å². The first-order valence-electron chi connectivity index (χ1n) is 10.7. The smallest absolute Gasteiger partial charge is 0.191 e. The van der Waals surface area contributed by atoms with Gasteiger partial charge in [-0.3, -0.25) is 9.89 Å². The Hall–Kier alpha value is -1.89. The number of aliphatic imine (C=N–C) groups is 1. The Balaban J connectivity index is 1.50. The first-order valence-corrected chi connectivity index (χ1v) is 11.6. The van der Waals surface area contributed by atoms with Crippen molar-refractivity contribution in [2.24, 2.45) is 4.99 Å². The summed E-state index contributed by atoms with van der Waals surface area (Å²) in [6.07, 6.45) is 0. The molecule has 0 radical (unpaired) electrons. The number of guanidine groups is 1. The maximum atomic E-state index is 4.40. The quantitative estimate of drug-likeness (QED) is 0.514. The molecule has 6 heteroatoms. The number of rotatable bonds is 8. The highest BCUT2D eigenvalue weighted by Gasteiger charge is 2.16. The van der Waals surface area contributed by atoms with Crippen molar-refractivity contribution in [3.63, 3.8) is 0 Å².